The average Bonchev–Trinajstić information content (AvgIpc) is 2.29. The first-order chi connectivity index (χ1) is 7.75. The highest BCUT2D eigenvalue weighted by Gasteiger charge is 2.06. The Kier molecular flexibility index (Phi) is 8.29. The highest BCUT2D eigenvalue weighted by Crippen LogP contribution is 2.10. The Balaban J connectivity index is 0.00000256. The predicted octanol–water partition coefficient (Wildman–Crippen LogP) is 3.17. The van der Waals surface area contributed by atoms with Crippen molar-refractivity contribution in [1.82, 2.24) is 5.32 Å². The third-order valence-electron chi connectivity index (χ3n) is 2.24. The fourth-order valence-corrected chi connectivity index (χ4v) is 1.36. The second-order valence-corrected chi connectivity index (χ2v) is 3.50. The van der Waals surface area contributed by atoms with Gasteiger partial charge in [-0.25, -0.2) is 8.78 Å². The van der Waals surface area contributed by atoms with Gasteiger partial charge in [0.1, 0.15) is 0 Å². The molecule has 5 heteroatoms. The number of nitriles is 1. The Morgan fingerprint density at radius 2 is 2.00 bits per heavy atom. The summed E-state index contributed by atoms with van der Waals surface area (Å²) < 4.78 is 26.0. The second kappa shape index (κ2) is 8.91. The monoisotopic (exact) mass is 260 g/mol. The summed E-state index contributed by atoms with van der Waals surface area (Å²) in [5.74, 6) is -1.60. The van der Waals surface area contributed by atoms with E-state index in [1.165, 1.54) is 6.07 Å². The quantitative estimate of drug-likeness (QED) is 0.798. The van der Waals surface area contributed by atoms with E-state index in [0.717, 1.165) is 18.9 Å². The molecule has 94 valence electrons. The molecule has 0 spiro atoms. The number of nitrogens with one attached hydrogen (secondary N) is 1. The Morgan fingerprint density at radius 3 is 2.71 bits per heavy atom. The molecule has 0 bridgehead atoms. The van der Waals surface area contributed by atoms with Gasteiger partial charge in [0.05, 0.1) is 6.07 Å². The molecule has 17 heavy (non-hydrogen) atoms. The van der Waals surface area contributed by atoms with E-state index in [9.17, 15) is 8.78 Å². The van der Waals surface area contributed by atoms with E-state index in [2.05, 4.69) is 11.4 Å². The number of unbranched alkanes of at least 4 members (excludes halogenated alkanes) is 2. The van der Waals surface area contributed by atoms with Crippen molar-refractivity contribution in [2.24, 2.45) is 0 Å². The van der Waals surface area contributed by atoms with Crippen molar-refractivity contribution in [2.45, 2.75) is 25.8 Å². The normalized spacial score (nSPS) is 9.47. The molecule has 0 fully saturated rings. The lowest BCUT2D eigenvalue weighted by Crippen LogP contribution is -2.15. The van der Waals surface area contributed by atoms with Gasteiger partial charge in [0.15, 0.2) is 11.6 Å². The molecule has 1 aromatic carbocycles. The summed E-state index contributed by atoms with van der Waals surface area (Å²) in [6.07, 6.45) is 2.23. The Morgan fingerprint density at radius 1 is 1.24 bits per heavy atom. The summed E-state index contributed by atoms with van der Waals surface area (Å²) in [5.41, 5.74) is 0.334. The van der Waals surface area contributed by atoms with Crippen molar-refractivity contribution in [3.05, 3.63) is 35.4 Å². The molecule has 0 amide bonds. The Labute approximate surface area is 106 Å². The molecule has 1 aromatic rings. The third-order valence-corrected chi connectivity index (χ3v) is 2.24. The fraction of sp³-hybridized carbons (Fsp3) is 0.417. The minimum absolute atomic E-state index is 0. The average molecular weight is 261 g/mol. The third kappa shape index (κ3) is 5.62. The maximum absolute atomic E-state index is 13.2. The van der Waals surface area contributed by atoms with Crippen LogP contribution in [0, 0.1) is 23.0 Å². The molecule has 0 aliphatic carbocycles. The van der Waals surface area contributed by atoms with E-state index in [0.29, 0.717) is 25.1 Å². The van der Waals surface area contributed by atoms with Crippen LogP contribution in [0.5, 0.6) is 0 Å². The zero-order chi connectivity index (χ0) is 11.8. The fourth-order valence-electron chi connectivity index (χ4n) is 1.36. The number of rotatable bonds is 6. The van der Waals surface area contributed by atoms with Crippen LogP contribution < -0.4 is 5.32 Å². The largest absolute Gasteiger partial charge is 0.313 e. The molecule has 0 saturated carbocycles. The number of halogens is 3. The first-order valence-electron chi connectivity index (χ1n) is 5.26. The molecule has 0 aromatic heterocycles. The highest BCUT2D eigenvalue weighted by molar-refractivity contribution is 5.85. The van der Waals surface area contributed by atoms with Crippen LogP contribution in [-0.2, 0) is 6.54 Å². The summed E-state index contributed by atoms with van der Waals surface area (Å²) in [4.78, 5) is 0. The van der Waals surface area contributed by atoms with Gasteiger partial charge >= 0.3 is 0 Å². The molecule has 1 rings (SSSR count). The van der Waals surface area contributed by atoms with E-state index < -0.39 is 11.6 Å². The first-order valence-corrected chi connectivity index (χ1v) is 5.26. The number of hydrogen-bond acceptors (Lipinski definition) is 2. The minimum atomic E-state index is -0.816. The van der Waals surface area contributed by atoms with Gasteiger partial charge in [-0.15, -0.1) is 12.4 Å². The summed E-state index contributed by atoms with van der Waals surface area (Å²) in [6.45, 7) is 1.02. The SMILES string of the molecule is Cl.N#CCCCCNCc1cccc(F)c1F. The number of hydrogen-bond donors (Lipinski definition) is 1. The topological polar surface area (TPSA) is 35.8 Å². The van der Waals surface area contributed by atoms with Crippen LogP contribution in [0.2, 0.25) is 0 Å². The lowest BCUT2D eigenvalue weighted by molar-refractivity contribution is 0.491. The van der Waals surface area contributed by atoms with Crippen LogP contribution in [0.15, 0.2) is 18.2 Å². The molecular weight excluding hydrogens is 246 g/mol. The van der Waals surface area contributed by atoms with Gasteiger partial charge in [-0.3, -0.25) is 0 Å². The molecule has 0 radical (unpaired) electrons. The van der Waals surface area contributed by atoms with Crippen LogP contribution in [0.1, 0.15) is 24.8 Å². The van der Waals surface area contributed by atoms with Crippen molar-refractivity contribution in [3.8, 4) is 6.07 Å². The smallest absolute Gasteiger partial charge is 0.163 e. The van der Waals surface area contributed by atoms with E-state index in [1.807, 2.05) is 0 Å². The van der Waals surface area contributed by atoms with Crippen LogP contribution in [0.3, 0.4) is 0 Å². The molecule has 0 aliphatic heterocycles. The van der Waals surface area contributed by atoms with E-state index >= 15 is 0 Å². The van der Waals surface area contributed by atoms with Gasteiger partial charge in [0, 0.05) is 18.5 Å². The van der Waals surface area contributed by atoms with E-state index in [1.54, 1.807) is 6.07 Å². The molecule has 0 unspecified atom stereocenters. The molecule has 0 heterocycles. The molecule has 0 aliphatic rings. The molecule has 1 N–H and O–H groups in total. The Hall–Kier alpha value is -1.18. The van der Waals surface area contributed by atoms with Crippen LogP contribution in [0.25, 0.3) is 0 Å². The maximum atomic E-state index is 13.2. The first kappa shape index (κ1) is 15.8. The van der Waals surface area contributed by atoms with Gasteiger partial charge in [-0.1, -0.05) is 12.1 Å². The van der Waals surface area contributed by atoms with Gasteiger partial charge in [0.25, 0.3) is 0 Å². The summed E-state index contributed by atoms with van der Waals surface area (Å²) in [6, 6.07) is 6.21. The summed E-state index contributed by atoms with van der Waals surface area (Å²) in [5, 5.41) is 11.3. The summed E-state index contributed by atoms with van der Waals surface area (Å²) in [7, 11) is 0. The zero-order valence-electron chi connectivity index (χ0n) is 9.38. The lowest BCUT2D eigenvalue weighted by atomic mass is 10.2. The molecular formula is C12H15ClF2N2. The molecule has 0 saturated heterocycles. The van der Waals surface area contributed by atoms with Gasteiger partial charge < -0.3 is 5.32 Å². The van der Waals surface area contributed by atoms with E-state index in [-0.39, 0.29) is 12.4 Å². The van der Waals surface area contributed by atoms with Gasteiger partial charge in [-0.05, 0) is 25.5 Å². The van der Waals surface area contributed by atoms with Crippen molar-refractivity contribution in [3.63, 3.8) is 0 Å². The van der Waals surface area contributed by atoms with E-state index in [4.69, 9.17) is 5.26 Å². The van der Waals surface area contributed by atoms with Crippen molar-refractivity contribution in [2.75, 3.05) is 6.54 Å². The van der Waals surface area contributed by atoms with Gasteiger partial charge in [-0.2, -0.15) is 5.26 Å². The molecule has 2 nitrogen and oxygen atoms in total. The molecule has 0 atom stereocenters. The zero-order valence-corrected chi connectivity index (χ0v) is 10.2. The minimum Gasteiger partial charge on any atom is -0.313 e. The van der Waals surface area contributed by atoms with Crippen molar-refractivity contribution >= 4 is 12.4 Å². The van der Waals surface area contributed by atoms with Crippen molar-refractivity contribution < 1.29 is 8.78 Å². The standard InChI is InChI=1S/C12H14F2N2.ClH/c13-11-6-4-5-10(12(11)14)9-16-8-3-1-2-7-15;/h4-6,16H,1-3,8-9H2;1H. The van der Waals surface area contributed by atoms with Crippen LogP contribution >= 0.6 is 12.4 Å². The predicted molar refractivity (Wildman–Crippen MR) is 64.8 cm³/mol. The van der Waals surface area contributed by atoms with Gasteiger partial charge in [0.2, 0.25) is 0 Å². The second-order valence-electron chi connectivity index (χ2n) is 3.50. The number of benzene rings is 1. The highest BCUT2D eigenvalue weighted by atomic mass is 35.5. The Bertz CT molecular complexity index is 377. The van der Waals surface area contributed by atoms with Crippen LogP contribution in [-0.4, -0.2) is 6.54 Å². The maximum Gasteiger partial charge on any atom is 0.163 e. The summed E-state index contributed by atoms with van der Waals surface area (Å²) >= 11 is 0. The lowest BCUT2D eigenvalue weighted by Gasteiger charge is -2.05. The number of nitrogens with zero attached hydrogens (tertiary/aromatic N) is 1. The van der Waals surface area contributed by atoms with Crippen LogP contribution in [0.4, 0.5) is 8.78 Å². The van der Waals surface area contributed by atoms with Crippen molar-refractivity contribution in [1.29, 1.82) is 5.26 Å².